The first-order chi connectivity index (χ1) is 13.6. The van der Waals surface area contributed by atoms with Crippen molar-refractivity contribution >= 4 is 11.6 Å². The maximum atomic E-state index is 12.2. The second kappa shape index (κ2) is 8.90. The summed E-state index contributed by atoms with van der Waals surface area (Å²) in [4.78, 5) is 12.2. The number of rotatable bonds is 8. The van der Waals surface area contributed by atoms with Crippen LogP contribution in [0.25, 0.3) is 11.5 Å². The number of nitrogens with one attached hydrogen (secondary N) is 1. The van der Waals surface area contributed by atoms with Crippen LogP contribution in [0.5, 0.6) is 17.2 Å². The lowest BCUT2D eigenvalue weighted by molar-refractivity contribution is -0.116. The highest BCUT2D eigenvalue weighted by Gasteiger charge is 2.14. The van der Waals surface area contributed by atoms with Gasteiger partial charge in [-0.15, -0.1) is 10.2 Å². The molecule has 0 saturated heterocycles. The van der Waals surface area contributed by atoms with Crippen molar-refractivity contribution in [1.82, 2.24) is 10.2 Å². The minimum absolute atomic E-state index is 0.177. The molecule has 3 rings (SSSR count). The Bertz CT molecular complexity index is 955. The summed E-state index contributed by atoms with van der Waals surface area (Å²) in [6.07, 6.45) is 0.517. The Labute approximate surface area is 162 Å². The highest BCUT2D eigenvalue weighted by Crippen LogP contribution is 2.30. The maximum Gasteiger partial charge on any atom is 0.251 e. The minimum Gasteiger partial charge on any atom is -0.496 e. The number of ether oxygens (including phenoxy) is 3. The zero-order valence-corrected chi connectivity index (χ0v) is 15.9. The molecule has 3 aromatic rings. The quantitative estimate of drug-likeness (QED) is 0.637. The van der Waals surface area contributed by atoms with Crippen LogP contribution in [0.2, 0.25) is 0 Å². The van der Waals surface area contributed by atoms with Crippen molar-refractivity contribution in [3.05, 3.63) is 48.4 Å². The molecule has 1 aromatic heterocycles. The largest absolute Gasteiger partial charge is 0.496 e. The van der Waals surface area contributed by atoms with Gasteiger partial charge < -0.3 is 23.9 Å². The molecule has 0 unspecified atom stereocenters. The van der Waals surface area contributed by atoms with Crippen molar-refractivity contribution in [3.63, 3.8) is 0 Å². The lowest BCUT2D eigenvalue weighted by Gasteiger charge is -2.10. The highest BCUT2D eigenvalue weighted by molar-refractivity contribution is 5.91. The average molecular weight is 383 g/mol. The summed E-state index contributed by atoms with van der Waals surface area (Å²) < 4.78 is 21.4. The summed E-state index contributed by atoms with van der Waals surface area (Å²) in [6, 6.07) is 12.5. The maximum absolute atomic E-state index is 12.2. The molecule has 0 bridgehead atoms. The lowest BCUT2D eigenvalue weighted by atomic mass is 10.2. The molecular formula is C20H21N3O5. The van der Waals surface area contributed by atoms with E-state index in [1.165, 1.54) is 0 Å². The van der Waals surface area contributed by atoms with Crippen LogP contribution in [0, 0.1) is 0 Å². The molecule has 0 fully saturated rings. The van der Waals surface area contributed by atoms with Gasteiger partial charge in [0.15, 0.2) is 11.5 Å². The zero-order chi connectivity index (χ0) is 19.9. The Hall–Kier alpha value is -3.55. The van der Waals surface area contributed by atoms with Crippen LogP contribution in [0.4, 0.5) is 5.69 Å². The van der Waals surface area contributed by atoms with Crippen molar-refractivity contribution in [2.75, 3.05) is 26.6 Å². The molecule has 0 aliphatic rings. The van der Waals surface area contributed by atoms with Crippen LogP contribution in [0.15, 0.2) is 46.9 Å². The van der Waals surface area contributed by atoms with Crippen LogP contribution in [-0.4, -0.2) is 37.4 Å². The van der Waals surface area contributed by atoms with Gasteiger partial charge in [0.25, 0.3) is 5.89 Å². The van der Waals surface area contributed by atoms with Gasteiger partial charge in [0.05, 0.1) is 26.9 Å². The first-order valence-corrected chi connectivity index (χ1v) is 8.62. The SMILES string of the molecule is COc1ccc(NC(=O)CCc2nnc(-c3ccccc3OC)o2)cc1OC. The Balaban J connectivity index is 1.60. The number of benzene rings is 2. The zero-order valence-electron chi connectivity index (χ0n) is 15.9. The van der Waals surface area contributed by atoms with E-state index >= 15 is 0 Å². The molecule has 146 valence electrons. The number of hydrogen-bond acceptors (Lipinski definition) is 7. The van der Waals surface area contributed by atoms with Gasteiger partial charge in [0.1, 0.15) is 5.75 Å². The number of nitrogens with zero attached hydrogens (tertiary/aromatic N) is 2. The normalized spacial score (nSPS) is 10.4. The molecule has 1 N–H and O–H groups in total. The van der Waals surface area contributed by atoms with E-state index < -0.39 is 0 Å². The second-order valence-corrected chi connectivity index (χ2v) is 5.82. The monoisotopic (exact) mass is 383 g/mol. The second-order valence-electron chi connectivity index (χ2n) is 5.82. The number of methoxy groups -OCH3 is 3. The number of aromatic nitrogens is 2. The predicted molar refractivity (Wildman–Crippen MR) is 103 cm³/mol. The third kappa shape index (κ3) is 4.40. The van der Waals surface area contributed by atoms with E-state index in [4.69, 9.17) is 18.6 Å². The van der Waals surface area contributed by atoms with Gasteiger partial charge in [-0.05, 0) is 24.3 Å². The van der Waals surface area contributed by atoms with E-state index in [0.29, 0.717) is 46.7 Å². The Morgan fingerprint density at radius 1 is 0.964 bits per heavy atom. The van der Waals surface area contributed by atoms with Crippen LogP contribution in [0.1, 0.15) is 12.3 Å². The average Bonchev–Trinajstić information content (AvgIpc) is 3.21. The van der Waals surface area contributed by atoms with E-state index in [-0.39, 0.29) is 12.3 Å². The fourth-order valence-corrected chi connectivity index (χ4v) is 2.64. The molecule has 28 heavy (non-hydrogen) atoms. The lowest BCUT2D eigenvalue weighted by Crippen LogP contribution is -2.12. The van der Waals surface area contributed by atoms with Crippen LogP contribution >= 0.6 is 0 Å². The van der Waals surface area contributed by atoms with Gasteiger partial charge >= 0.3 is 0 Å². The molecule has 1 amide bonds. The van der Waals surface area contributed by atoms with E-state index in [1.54, 1.807) is 39.5 Å². The van der Waals surface area contributed by atoms with Gasteiger partial charge in [-0.25, -0.2) is 0 Å². The molecule has 0 spiro atoms. The van der Waals surface area contributed by atoms with E-state index in [9.17, 15) is 4.79 Å². The fraction of sp³-hybridized carbons (Fsp3) is 0.250. The number of para-hydroxylation sites is 1. The van der Waals surface area contributed by atoms with E-state index in [1.807, 2.05) is 24.3 Å². The molecule has 1 heterocycles. The third-order valence-electron chi connectivity index (χ3n) is 4.04. The van der Waals surface area contributed by atoms with Crippen molar-refractivity contribution in [3.8, 4) is 28.7 Å². The summed E-state index contributed by atoms with van der Waals surface area (Å²) in [6.45, 7) is 0. The number of carbonyl (C=O) groups excluding carboxylic acids is 1. The number of amides is 1. The summed E-state index contributed by atoms with van der Waals surface area (Å²) in [7, 11) is 4.67. The smallest absolute Gasteiger partial charge is 0.251 e. The third-order valence-corrected chi connectivity index (χ3v) is 4.04. The van der Waals surface area contributed by atoms with Gasteiger partial charge in [0.2, 0.25) is 11.8 Å². The summed E-state index contributed by atoms with van der Waals surface area (Å²) in [5, 5.41) is 10.9. The van der Waals surface area contributed by atoms with Crippen LogP contribution < -0.4 is 19.5 Å². The molecule has 0 aliphatic carbocycles. The molecule has 0 aliphatic heterocycles. The van der Waals surface area contributed by atoms with Gasteiger partial charge in [-0.3, -0.25) is 4.79 Å². The Morgan fingerprint density at radius 2 is 1.71 bits per heavy atom. The number of anilines is 1. The van der Waals surface area contributed by atoms with Crippen molar-refractivity contribution in [1.29, 1.82) is 0 Å². The number of hydrogen-bond donors (Lipinski definition) is 1. The van der Waals surface area contributed by atoms with Gasteiger partial charge in [-0.1, -0.05) is 12.1 Å². The number of aryl methyl sites for hydroxylation is 1. The predicted octanol–water partition coefficient (Wildman–Crippen LogP) is 3.33. The van der Waals surface area contributed by atoms with E-state index in [0.717, 1.165) is 0 Å². The van der Waals surface area contributed by atoms with Crippen molar-refractivity contribution in [2.24, 2.45) is 0 Å². The summed E-state index contributed by atoms with van der Waals surface area (Å²) in [5.41, 5.74) is 1.32. The van der Waals surface area contributed by atoms with Crippen LogP contribution in [-0.2, 0) is 11.2 Å². The minimum atomic E-state index is -0.177. The Morgan fingerprint density at radius 3 is 2.46 bits per heavy atom. The first kappa shape index (κ1) is 19.2. The van der Waals surface area contributed by atoms with E-state index in [2.05, 4.69) is 15.5 Å². The van der Waals surface area contributed by atoms with Crippen molar-refractivity contribution < 1.29 is 23.4 Å². The summed E-state index contributed by atoms with van der Waals surface area (Å²) in [5.74, 6) is 2.33. The molecule has 0 atom stereocenters. The highest BCUT2D eigenvalue weighted by atomic mass is 16.5. The summed E-state index contributed by atoms with van der Waals surface area (Å²) >= 11 is 0. The molecule has 0 saturated carbocycles. The van der Waals surface area contributed by atoms with Gasteiger partial charge in [0, 0.05) is 24.6 Å². The van der Waals surface area contributed by atoms with Crippen molar-refractivity contribution in [2.45, 2.75) is 12.8 Å². The number of carbonyl (C=O) groups is 1. The standard InChI is InChI=1S/C20H21N3O5/c1-25-15-7-5-4-6-14(15)20-23-22-19(28-20)11-10-18(24)21-13-8-9-16(26-2)17(12-13)27-3/h4-9,12H,10-11H2,1-3H3,(H,21,24). The molecule has 0 radical (unpaired) electrons. The Kier molecular flexibility index (Phi) is 6.11. The topological polar surface area (TPSA) is 95.7 Å². The molecule has 2 aromatic carbocycles. The fourth-order valence-electron chi connectivity index (χ4n) is 2.64. The molecule has 8 nitrogen and oxygen atoms in total. The molecule has 8 heteroatoms. The first-order valence-electron chi connectivity index (χ1n) is 8.62. The molecular weight excluding hydrogens is 362 g/mol. The van der Waals surface area contributed by atoms with Gasteiger partial charge in [-0.2, -0.15) is 0 Å². The van der Waals surface area contributed by atoms with Crippen LogP contribution in [0.3, 0.4) is 0 Å².